The van der Waals surface area contributed by atoms with Crippen molar-refractivity contribution < 1.29 is 14.3 Å². The number of nitrogens with zero attached hydrogens (tertiary/aromatic N) is 1. The second kappa shape index (κ2) is 11.0. The lowest BCUT2D eigenvalue weighted by molar-refractivity contribution is -0.113. The van der Waals surface area contributed by atoms with Crippen LogP contribution in [0.3, 0.4) is 0 Å². The van der Waals surface area contributed by atoms with Gasteiger partial charge in [0.15, 0.2) is 4.32 Å². The van der Waals surface area contributed by atoms with Crippen LogP contribution < -0.4 is 14.4 Å². The van der Waals surface area contributed by atoms with Gasteiger partial charge >= 0.3 is 0 Å². The van der Waals surface area contributed by atoms with Gasteiger partial charge in [0.2, 0.25) is 0 Å². The van der Waals surface area contributed by atoms with Crippen molar-refractivity contribution in [2.45, 2.75) is 6.42 Å². The maximum absolute atomic E-state index is 13.0. The van der Waals surface area contributed by atoms with Gasteiger partial charge in [-0.1, -0.05) is 84.7 Å². The summed E-state index contributed by atoms with van der Waals surface area (Å²) in [5.74, 6) is 1.39. The lowest BCUT2D eigenvalue weighted by atomic mass is 10.1. The molecule has 1 aliphatic rings. The number of thiocarbonyl (C=S) groups is 1. The average Bonchev–Trinajstić information content (AvgIpc) is 3.12. The van der Waals surface area contributed by atoms with Crippen LogP contribution in [0.1, 0.15) is 11.1 Å². The molecule has 4 nitrogen and oxygen atoms in total. The van der Waals surface area contributed by atoms with E-state index in [4.69, 9.17) is 21.7 Å². The second-order valence-corrected chi connectivity index (χ2v) is 8.86. The molecule has 0 spiro atoms. The van der Waals surface area contributed by atoms with Gasteiger partial charge in [-0.05, 0) is 42.3 Å². The van der Waals surface area contributed by atoms with E-state index in [-0.39, 0.29) is 5.91 Å². The predicted octanol–water partition coefficient (Wildman–Crippen LogP) is 6.28. The molecule has 3 aromatic rings. The smallest absolute Gasteiger partial charge is 0.270 e. The predicted molar refractivity (Wildman–Crippen MR) is 140 cm³/mol. The van der Waals surface area contributed by atoms with E-state index in [9.17, 15) is 4.79 Å². The number of carbonyl (C=O) groups is 1. The Balaban J connectivity index is 1.43. The highest BCUT2D eigenvalue weighted by atomic mass is 32.2. The maximum Gasteiger partial charge on any atom is 0.270 e. The molecule has 1 fully saturated rings. The molecular weight excluding hydrogens is 450 g/mol. The van der Waals surface area contributed by atoms with Gasteiger partial charge in [0, 0.05) is 5.56 Å². The molecule has 6 heteroatoms. The fraction of sp³-hybridized carbons (Fsp3) is 0.111. The Morgan fingerprint density at radius 1 is 0.879 bits per heavy atom. The van der Waals surface area contributed by atoms with Crippen LogP contribution in [-0.2, 0) is 11.2 Å². The number of hydrogen-bond donors (Lipinski definition) is 0. The fourth-order valence-electron chi connectivity index (χ4n) is 3.41. The molecule has 33 heavy (non-hydrogen) atoms. The first-order valence-electron chi connectivity index (χ1n) is 10.5. The summed E-state index contributed by atoms with van der Waals surface area (Å²) in [5.41, 5.74) is 2.67. The number of anilines is 1. The zero-order valence-electron chi connectivity index (χ0n) is 18.0. The summed E-state index contributed by atoms with van der Waals surface area (Å²) in [4.78, 5) is 15.1. The molecule has 1 aliphatic heterocycles. The number of thioether (sulfide) groups is 1. The molecule has 4 rings (SSSR count). The molecule has 0 aromatic heterocycles. The van der Waals surface area contributed by atoms with Crippen molar-refractivity contribution in [1.82, 2.24) is 0 Å². The van der Waals surface area contributed by atoms with Crippen LogP contribution in [0, 0.1) is 0 Å². The van der Waals surface area contributed by atoms with Gasteiger partial charge < -0.3 is 9.47 Å². The lowest BCUT2D eigenvalue weighted by Gasteiger charge is -2.14. The Kier molecular flexibility index (Phi) is 7.60. The van der Waals surface area contributed by atoms with Crippen molar-refractivity contribution in [2.24, 2.45) is 0 Å². The normalized spacial score (nSPS) is 14.5. The molecule has 1 amide bonds. The van der Waals surface area contributed by atoms with E-state index in [0.29, 0.717) is 28.2 Å². The summed E-state index contributed by atoms with van der Waals surface area (Å²) >= 11 is 6.75. The summed E-state index contributed by atoms with van der Waals surface area (Å²) in [6.45, 7) is 4.57. The first kappa shape index (κ1) is 22.8. The van der Waals surface area contributed by atoms with Gasteiger partial charge in [0.05, 0.1) is 10.6 Å². The van der Waals surface area contributed by atoms with Crippen LogP contribution in [0.15, 0.2) is 96.4 Å². The second-order valence-electron chi connectivity index (χ2n) is 7.19. The van der Waals surface area contributed by atoms with Crippen LogP contribution in [0.2, 0.25) is 0 Å². The van der Waals surface area contributed by atoms with Gasteiger partial charge in [0.25, 0.3) is 5.91 Å². The highest BCUT2D eigenvalue weighted by Crippen LogP contribution is 2.37. The maximum atomic E-state index is 13.0. The Morgan fingerprint density at radius 2 is 1.52 bits per heavy atom. The molecule has 0 saturated carbocycles. The first-order chi connectivity index (χ1) is 16.2. The van der Waals surface area contributed by atoms with Crippen LogP contribution >= 0.6 is 24.0 Å². The minimum absolute atomic E-state index is 0.131. The number of allylic oxidation sites excluding steroid dienone is 1. The molecule has 0 atom stereocenters. The Hall–Kier alpha value is -3.35. The number of rotatable bonds is 9. The summed E-state index contributed by atoms with van der Waals surface area (Å²) in [6.07, 6.45) is 4.44. The minimum Gasteiger partial charge on any atom is -0.490 e. The fourth-order valence-corrected chi connectivity index (χ4v) is 4.70. The topological polar surface area (TPSA) is 38.8 Å². The summed E-state index contributed by atoms with van der Waals surface area (Å²) in [7, 11) is 0. The number of benzene rings is 3. The van der Waals surface area contributed by atoms with Crippen LogP contribution in [0.5, 0.6) is 11.5 Å². The highest BCUT2D eigenvalue weighted by Gasteiger charge is 2.33. The molecule has 0 N–H and O–H groups in total. The third-order valence-electron chi connectivity index (χ3n) is 4.95. The van der Waals surface area contributed by atoms with E-state index >= 15 is 0 Å². The number of ether oxygens (including phenoxy) is 2. The van der Waals surface area contributed by atoms with Crippen molar-refractivity contribution >= 4 is 46.0 Å². The minimum atomic E-state index is -0.131. The summed E-state index contributed by atoms with van der Waals surface area (Å²) in [5, 5.41) is 0. The van der Waals surface area contributed by atoms with Crippen molar-refractivity contribution in [3.63, 3.8) is 0 Å². The number of hydrogen-bond acceptors (Lipinski definition) is 5. The molecule has 0 radical (unpaired) electrons. The molecule has 166 valence electrons. The number of carbonyl (C=O) groups excluding carboxylic acids is 1. The lowest BCUT2D eigenvalue weighted by Crippen LogP contribution is -2.27. The summed E-state index contributed by atoms with van der Waals surface area (Å²) < 4.78 is 12.4. The van der Waals surface area contributed by atoms with E-state index in [0.717, 1.165) is 29.0 Å². The first-order valence-corrected chi connectivity index (χ1v) is 11.8. The number of para-hydroxylation sites is 3. The van der Waals surface area contributed by atoms with E-state index < -0.39 is 0 Å². The van der Waals surface area contributed by atoms with Crippen LogP contribution in [0.25, 0.3) is 6.08 Å². The molecular formula is C27H23NO3S2. The van der Waals surface area contributed by atoms with Gasteiger partial charge in [-0.15, -0.1) is 6.58 Å². The van der Waals surface area contributed by atoms with Gasteiger partial charge in [-0.3, -0.25) is 9.69 Å². The van der Waals surface area contributed by atoms with E-state index in [1.807, 2.05) is 91.0 Å². The molecule has 3 aromatic carbocycles. The molecule has 0 bridgehead atoms. The van der Waals surface area contributed by atoms with Crippen molar-refractivity contribution in [3.05, 3.63) is 108 Å². The van der Waals surface area contributed by atoms with Crippen LogP contribution in [0.4, 0.5) is 5.69 Å². The van der Waals surface area contributed by atoms with Gasteiger partial charge in [0.1, 0.15) is 24.7 Å². The largest absolute Gasteiger partial charge is 0.490 e. The Bertz CT molecular complexity index is 1190. The van der Waals surface area contributed by atoms with Gasteiger partial charge in [-0.2, -0.15) is 0 Å². The van der Waals surface area contributed by atoms with Crippen molar-refractivity contribution in [1.29, 1.82) is 0 Å². The zero-order valence-corrected chi connectivity index (χ0v) is 19.6. The standard InChI is InChI=1S/C27H23NO3S2/c1-2-10-20-11-6-8-15-23(20)30-17-18-31-24-16-9-7-12-21(24)19-25-26(29)28(27(32)33-25)22-13-4-3-5-14-22/h2-9,11-16,19H,1,10,17-18H2/b25-19-. The quantitative estimate of drug-likeness (QED) is 0.158. The number of amides is 1. The van der Waals surface area contributed by atoms with E-state index in [1.165, 1.54) is 11.8 Å². The molecule has 0 aliphatic carbocycles. The zero-order chi connectivity index (χ0) is 23.0. The van der Waals surface area contributed by atoms with Crippen molar-refractivity contribution in [2.75, 3.05) is 18.1 Å². The van der Waals surface area contributed by atoms with Gasteiger partial charge in [-0.25, -0.2) is 0 Å². The Morgan fingerprint density at radius 3 is 2.27 bits per heavy atom. The van der Waals surface area contributed by atoms with E-state index in [2.05, 4.69) is 6.58 Å². The average molecular weight is 474 g/mol. The molecule has 0 unspecified atom stereocenters. The summed E-state index contributed by atoms with van der Waals surface area (Å²) in [6, 6.07) is 25.0. The van der Waals surface area contributed by atoms with Crippen LogP contribution in [-0.4, -0.2) is 23.4 Å². The SMILES string of the molecule is C=CCc1ccccc1OCCOc1ccccc1/C=C1\SC(=S)N(c2ccccc2)C1=O. The monoisotopic (exact) mass is 473 g/mol. The third kappa shape index (κ3) is 5.53. The molecule has 1 heterocycles. The van der Waals surface area contributed by atoms with Crippen molar-refractivity contribution in [3.8, 4) is 11.5 Å². The highest BCUT2D eigenvalue weighted by molar-refractivity contribution is 8.27. The third-order valence-corrected chi connectivity index (χ3v) is 6.25. The Labute approximate surface area is 203 Å². The molecule has 1 saturated heterocycles. The van der Waals surface area contributed by atoms with E-state index in [1.54, 1.807) is 4.90 Å².